The first kappa shape index (κ1) is 35.3. The summed E-state index contributed by atoms with van der Waals surface area (Å²) in [6.07, 6.45) is 0. The van der Waals surface area contributed by atoms with Gasteiger partial charge in [-0.1, -0.05) is 172 Å². The van der Waals surface area contributed by atoms with Crippen LogP contribution in [0.25, 0.3) is 82.4 Å². The van der Waals surface area contributed by atoms with Gasteiger partial charge in [0.2, 0.25) is 0 Å². The summed E-state index contributed by atoms with van der Waals surface area (Å²) in [6.45, 7) is 4.71. The van der Waals surface area contributed by atoms with Gasteiger partial charge in [-0.2, -0.15) is 0 Å². The minimum absolute atomic E-state index is 0.0959. The van der Waals surface area contributed by atoms with Crippen LogP contribution in [-0.2, 0) is 5.41 Å². The fourth-order valence-electron chi connectivity index (χ4n) is 10.3. The van der Waals surface area contributed by atoms with Crippen LogP contribution in [0, 0.1) is 0 Å². The SMILES string of the molecule is CC1(C)c2ccccc2-c2ccc(N(c3ccccc3)c3cccc(-c4cccc(-n5c6cccc(-c7cccc8ccccc78)c6c6c7ccccc7ccc65)c4)c3)cc21. The molecule has 11 aromatic rings. The summed E-state index contributed by atoms with van der Waals surface area (Å²) in [5, 5.41) is 7.57. The van der Waals surface area contributed by atoms with Crippen molar-refractivity contribution in [3.63, 3.8) is 0 Å². The Morgan fingerprint density at radius 3 is 1.82 bits per heavy atom. The Labute approximate surface area is 356 Å². The lowest BCUT2D eigenvalue weighted by molar-refractivity contribution is 0.660. The Morgan fingerprint density at radius 1 is 0.361 bits per heavy atom. The van der Waals surface area contributed by atoms with Gasteiger partial charge in [-0.05, 0) is 127 Å². The number of para-hydroxylation sites is 1. The highest BCUT2D eigenvalue weighted by Crippen LogP contribution is 2.51. The van der Waals surface area contributed by atoms with Crippen LogP contribution in [-0.4, -0.2) is 4.57 Å². The van der Waals surface area contributed by atoms with E-state index in [1.807, 2.05) is 0 Å². The number of benzene rings is 10. The van der Waals surface area contributed by atoms with Crippen molar-refractivity contribution >= 4 is 60.4 Å². The lowest BCUT2D eigenvalue weighted by Crippen LogP contribution is -2.16. The Hall–Kier alpha value is -7.68. The molecule has 0 fully saturated rings. The van der Waals surface area contributed by atoms with Crippen LogP contribution in [0.15, 0.2) is 218 Å². The molecule has 0 amide bonds. The van der Waals surface area contributed by atoms with Crippen molar-refractivity contribution in [1.82, 2.24) is 4.57 Å². The molecule has 0 saturated carbocycles. The molecule has 1 heterocycles. The molecule has 1 aliphatic carbocycles. The van der Waals surface area contributed by atoms with Crippen LogP contribution >= 0.6 is 0 Å². The highest BCUT2D eigenvalue weighted by Gasteiger charge is 2.35. The highest BCUT2D eigenvalue weighted by molar-refractivity contribution is 6.26. The normalized spacial score (nSPS) is 12.9. The van der Waals surface area contributed by atoms with E-state index in [1.165, 1.54) is 82.3 Å². The van der Waals surface area contributed by atoms with Crippen LogP contribution < -0.4 is 4.90 Å². The molecule has 0 N–H and O–H groups in total. The van der Waals surface area contributed by atoms with Crippen molar-refractivity contribution in [2.45, 2.75) is 19.3 Å². The first-order chi connectivity index (χ1) is 30.0. The average Bonchev–Trinajstić information content (AvgIpc) is 3.78. The number of hydrogen-bond acceptors (Lipinski definition) is 1. The smallest absolute Gasteiger partial charge is 0.0547 e. The van der Waals surface area contributed by atoms with Gasteiger partial charge < -0.3 is 9.47 Å². The van der Waals surface area contributed by atoms with E-state index in [4.69, 9.17) is 0 Å². The molecular weight excluding hydrogens is 737 g/mol. The summed E-state index contributed by atoms with van der Waals surface area (Å²) in [5.74, 6) is 0. The number of anilines is 3. The van der Waals surface area contributed by atoms with E-state index in [1.54, 1.807) is 0 Å². The lowest BCUT2D eigenvalue weighted by atomic mass is 9.82. The van der Waals surface area contributed by atoms with E-state index in [-0.39, 0.29) is 5.41 Å². The maximum atomic E-state index is 2.47. The highest BCUT2D eigenvalue weighted by atomic mass is 15.1. The van der Waals surface area contributed by atoms with E-state index < -0.39 is 0 Å². The summed E-state index contributed by atoms with van der Waals surface area (Å²) in [6, 6.07) is 80.4. The van der Waals surface area contributed by atoms with E-state index >= 15 is 0 Å². The molecule has 0 radical (unpaired) electrons. The van der Waals surface area contributed by atoms with Crippen LogP contribution in [0.5, 0.6) is 0 Å². The predicted molar refractivity (Wildman–Crippen MR) is 259 cm³/mol. The van der Waals surface area contributed by atoms with Gasteiger partial charge in [0.15, 0.2) is 0 Å². The molecule has 0 spiro atoms. The van der Waals surface area contributed by atoms with Gasteiger partial charge in [-0.15, -0.1) is 0 Å². The van der Waals surface area contributed by atoms with E-state index in [2.05, 4.69) is 242 Å². The topological polar surface area (TPSA) is 8.17 Å². The molecule has 1 aliphatic rings. The van der Waals surface area contributed by atoms with Gasteiger partial charge in [0, 0.05) is 38.9 Å². The second-order valence-corrected chi connectivity index (χ2v) is 16.9. The van der Waals surface area contributed by atoms with Gasteiger partial charge in [-0.25, -0.2) is 0 Å². The minimum Gasteiger partial charge on any atom is -0.310 e. The molecule has 0 aliphatic heterocycles. The molecule has 10 aromatic carbocycles. The predicted octanol–water partition coefficient (Wildman–Crippen LogP) is 16.2. The molecule has 0 saturated heterocycles. The molecule has 0 unspecified atom stereocenters. The Morgan fingerprint density at radius 2 is 0.951 bits per heavy atom. The number of aromatic nitrogens is 1. The average molecular weight is 779 g/mol. The van der Waals surface area contributed by atoms with Crippen LogP contribution in [0.4, 0.5) is 17.1 Å². The van der Waals surface area contributed by atoms with Gasteiger partial charge in [0.05, 0.1) is 11.0 Å². The molecule has 61 heavy (non-hydrogen) atoms. The molecule has 12 rings (SSSR count). The number of rotatable bonds is 6. The summed E-state index contributed by atoms with van der Waals surface area (Å²) >= 11 is 0. The molecule has 2 heteroatoms. The first-order valence-corrected chi connectivity index (χ1v) is 21.3. The molecule has 288 valence electrons. The van der Waals surface area contributed by atoms with Crippen LogP contribution in [0.3, 0.4) is 0 Å². The second-order valence-electron chi connectivity index (χ2n) is 16.9. The Balaban J connectivity index is 1.02. The van der Waals surface area contributed by atoms with Crippen molar-refractivity contribution < 1.29 is 0 Å². The van der Waals surface area contributed by atoms with Gasteiger partial charge in [0.1, 0.15) is 0 Å². The maximum absolute atomic E-state index is 2.47. The summed E-state index contributed by atoms with van der Waals surface area (Å²) < 4.78 is 2.47. The van der Waals surface area contributed by atoms with Gasteiger partial charge in [-0.3, -0.25) is 0 Å². The number of fused-ring (bicyclic) bond motifs is 9. The maximum Gasteiger partial charge on any atom is 0.0547 e. The van der Waals surface area contributed by atoms with E-state index in [9.17, 15) is 0 Å². The van der Waals surface area contributed by atoms with E-state index in [0.29, 0.717) is 0 Å². The monoisotopic (exact) mass is 778 g/mol. The van der Waals surface area contributed by atoms with Crippen molar-refractivity contribution in [3.05, 3.63) is 230 Å². The number of nitrogens with zero attached hydrogens (tertiary/aromatic N) is 2. The molecule has 0 atom stereocenters. The van der Waals surface area contributed by atoms with Crippen LogP contribution in [0.2, 0.25) is 0 Å². The Bertz CT molecular complexity index is 3510. The van der Waals surface area contributed by atoms with Crippen molar-refractivity contribution in [2.24, 2.45) is 0 Å². The Kier molecular flexibility index (Phi) is 7.92. The van der Waals surface area contributed by atoms with Crippen molar-refractivity contribution in [3.8, 4) is 39.1 Å². The summed E-state index contributed by atoms with van der Waals surface area (Å²) in [5.41, 5.74) is 17.1. The van der Waals surface area contributed by atoms with Gasteiger partial charge in [0.25, 0.3) is 0 Å². The van der Waals surface area contributed by atoms with E-state index in [0.717, 1.165) is 28.3 Å². The molecule has 1 aromatic heterocycles. The van der Waals surface area contributed by atoms with Crippen LogP contribution in [0.1, 0.15) is 25.0 Å². The largest absolute Gasteiger partial charge is 0.310 e. The standard InChI is InChI=1S/C59H42N2/c1-59(2)53-30-11-10-27-50(53)51-34-33-46(38-54(51)59)60(43-21-4-3-5-22-43)44-23-12-19-41(36-44)42-20-13-24-45(37-42)61-55-31-15-29-52(49-28-14-18-39-16-6-8-25-47(39)49)58(55)57-48-26-9-7-17-40(48)32-35-56(57)61/h3-38H,1-2H3. The third-order valence-electron chi connectivity index (χ3n) is 13.1. The summed E-state index contributed by atoms with van der Waals surface area (Å²) in [4.78, 5) is 2.40. The first-order valence-electron chi connectivity index (χ1n) is 21.3. The fourth-order valence-corrected chi connectivity index (χ4v) is 10.3. The zero-order chi connectivity index (χ0) is 40.7. The molecule has 0 bridgehead atoms. The molecular formula is C59H42N2. The molecule has 2 nitrogen and oxygen atoms in total. The fraction of sp³-hybridized carbons (Fsp3) is 0.0508. The zero-order valence-electron chi connectivity index (χ0n) is 34.2. The lowest BCUT2D eigenvalue weighted by Gasteiger charge is -2.28. The number of hydrogen-bond donors (Lipinski definition) is 0. The minimum atomic E-state index is -0.0959. The third-order valence-corrected chi connectivity index (χ3v) is 13.1. The second kappa shape index (κ2) is 13.7. The van der Waals surface area contributed by atoms with Gasteiger partial charge >= 0.3 is 0 Å². The summed E-state index contributed by atoms with van der Waals surface area (Å²) in [7, 11) is 0. The zero-order valence-corrected chi connectivity index (χ0v) is 34.2. The van der Waals surface area contributed by atoms with Crippen molar-refractivity contribution in [1.29, 1.82) is 0 Å². The third kappa shape index (κ3) is 5.49. The van der Waals surface area contributed by atoms with Crippen molar-refractivity contribution in [2.75, 3.05) is 4.90 Å². The quantitative estimate of drug-likeness (QED) is 0.163.